The fourth-order valence-corrected chi connectivity index (χ4v) is 2.14. The molecule has 2 heteroatoms. The summed E-state index contributed by atoms with van der Waals surface area (Å²) in [5.74, 6) is 1.33. The first kappa shape index (κ1) is 23.7. The molecule has 2 atom stereocenters. The maximum Gasteiger partial charge on any atom is 0.0433 e. The van der Waals surface area contributed by atoms with E-state index in [-0.39, 0.29) is 0 Å². The maximum absolute atomic E-state index is 8.63. The molecule has 0 aromatic heterocycles. The Morgan fingerprint density at radius 2 is 1.41 bits per heavy atom. The molecule has 0 aliphatic rings. The molecule has 0 aliphatic heterocycles. The van der Waals surface area contributed by atoms with Crippen molar-refractivity contribution in [1.82, 2.24) is 0 Å². The van der Waals surface area contributed by atoms with Crippen LogP contribution in [0.3, 0.4) is 0 Å². The van der Waals surface area contributed by atoms with E-state index in [2.05, 4.69) is 47.3 Å². The highest BCUT2D eigenvalue weighted by molar-refractivity contribution is 4.92. The van der Waals surface area contributed by atoms with E-state index >= 15 is 0 Å². The van der Waals surface area contributed by atoms with E-state index in [0.717, 1.165) is 25.7 Å². The van der Waals surface area contributed by atoms with Crippen LogP contribution in [0.25, 0.3) is 0 Å². The molecule has 0 aliphatic carbocycles. The van der Waals surface area contributed by atoms with Gasteiger partial charge in [-0.25, -0.2) is 0 Å². The Morgan fingerprint density at radius 3 is 1.82 bits per heavy atom. The summed E-state index contributed by atoms with van der Waals surface area (Å²) in [7, 11) is 0. The predicted octanol–water partition coefficient (Wildman–Crippen LogP) is 5.50. The van der Waals surface area contributed by atoms with Crippen LogP contribution in [-0.4, -0.2) is 23.4 Å². The summed E-state index contributed by atoms with van der Waals surface area (Å²) in [6, 6.07) is 0. The van der Waals surface area contributed by atoms with E-state index in [1.54, 1.807) is 0 Å². The molecule has 0 saturated carbocycles. The van der Waals surface area contributed by atoms with E-state index in [0.29, 0.717) is 25.0 Å². The normalized spacial score (nSPS) is 12.9. The number of allylic oxidation sites excluding steroid dienone is 3. The fraction of sp³-hybridized carbons (Fsp3) is 0.800. The topological polar surface area (TPSA) is 40.5 Å². The van der Waals surface area contributed by atoms with Gasteiger partial charge in [-0.1, -0.05) is 37.5 Å². The Balaban J connectivity index is 0. The molecule has 0 rings (SSSR count). The molecule has 0 amide bonds. The van der Waals surface area contributed by atoms with Crippen molar-refractivity contribution in [1.29, 1.82) is 0 Å². The largest absolute Gasteiger partial charge is 0.396 e. The van der Waals surface area contributed by atoms with Gasteiger partial charge in [-0.05, 0) is 71.1 Å². The monoisotopic (exact) mass is 312 g/mol. The Hall–Kier alpha value is -0.600. The lowest BCUT2D eigenvalue weighted by Crippen LogP contribution is -1.97. The molecule has 1 unspecified atom stereocenters. The molecule has 132 valence electrons. The van der Waals surface area contributed by atoms with Crippen molar-refractivity contribution >= 4 is 0 Å². The second-order valence-electron chi connectivity index (χ2n) is 6.94. The first-order valence-electron chi connectivity index (χ1n) is 8.82. The van der Waals surface area contributed by atoms with Crippen molar-refractivity contribution in [3.8, 4) is 0 Å². The summed E-state index contributed by atoms with van der Waals surface area (Å²) < 4.78 is 0. The molecule has 0 bridgehead atoms. The van der Waals surface area contributed by atoms with Gasteiger partial charge in [0.25, 0.3) is 0 Å². The summed E-state index contributed by atoms with van der Waals surface area (Å²) in [5, 5.41) is 17.3. The summed E-state index contributed by atoms with van der Waals surface area (Å²) in [6.07, 6.45) is 10.1. The van der Waals surface area contributed by atoms with Gasteiger partial charge in [0.1, 0.15) is 0 Å². The third-order valence-electron chi connectivity index (χ3n) is 3.76. The van der Waals surface area contributed by atoms with Crippen molar-refractivity contribution in [2.24, 2.45) is 11.8 Å². The number of aliphatic hydroxyl groups is 2. The highest BCUT2D eigenvalue weighted by Crippen LogP contribution is 2.13. The molecule has 2 nitrogen and oxygen atoms in total. The first-order chi connectivity index (χ1) is 10.3. The highest BCUT2D eigenvalue weighted by Gasteiger charge is 2.00. The lowest BCUT2D eigenvalue weighted by atomic mass is 10.00. The number of rotatable bonds is 11. The molecule has 0 fully saturated rings. The van der Waals surface area contributed by atoms with Gasteiger partial charge in [-0.2, -0.15) is 0 Å². The summed E-state index contributed by atoms with van der Waals surface area (Å²) >= 11 is 0. The zero-order valence-electron chi connectivity index (χ0n) is 15.7. The molecule has 0 radical (unpaired) electrons. The van der Waals surface area contributed by atoms with Gasteiger partial charge in [-0.15, -0.1) is 6.58 Å². The SMILES string of the molecule is C=C(C)CCCC(C)CCO.CC(C)=CCC[C@H](C)CCO. The summed E-state index contributed by atoms with van der Waals surface area (Å²) in [6.45, 7) is 15.2. The van der Waals surface area contributed by atoms with Crippen molar-refractivity contribution in [3.63, 3.8) is 0 Å². The van der Waals surface area contributed by atoms with E-state index in [4.69, 9.17) is 10.2 Å². The van der Waals surface area contributed by atoms with E-state index in [1.807, 2.05) is 0 Å². The zero-order chi connectivity index (χ0) is 17.4. The predicted molar refractivity (Wildman–Crippen MR) is 99.1 cm³/mol. The van der Waals surface area contributed by atoms with Gasteiger partial charge >= 0.3 is 0 Å². The van der Waals surface area contributed by atoms with Crippen LogP contribution in [-0.2, 0) is 0 Å². The van der Waals surface area contributed by atoms with Crippen LogP contribution in [0.4, 0.5) is 0 Å². The number of aliphatic hydroxyl groups excluding tert-OH is 2. The minimum absolute atomic E-state index is 0.328. The summed E-state index contributed by atoms with van der Waals surface area (Å²) in [4.78, 5) is 0. The summed E-state index contributed by atoms with van der Waals surface area (Å²) in [5.41, 5.74) is 2.65. The van der Waals surface area contributed by atoms with Crippen molar-refractivity contribution < 1.29 is 10.2 Å². The molecule has 0 aromatic carbocycles. The molecular formula is C20H40O2. The van der Waals surface area contributed by atoms with E-state index in [9.17, 15) is 0 Å². The van der Waals surface area contributed by atoms with E-state index < -0.39 is 0 Å². The molecule has 0 aromatic rings. The third kappa shape index (κ3) is 21.7. The minimum atomic E-state index is 0.328. The highest BCUT2D eigenvalue weighted by atomic mass is 16.3. The van der Waals surface area contributed by atoms with Crippen molar-refractivity contribution in [3.05, 3.63) is 23.8 Å². The Bertz CT molecular complexity index is 277. The Labute approximate surface area is 139 Å². The van der Waals surface area contributed by atoms with Crippen LogP contribution in [0.5, 0.6) is 0 Å². The van der Waals surface area contributed by atoms with Gasteiger partial charge in [0.05, 0.1) is 0 Å². The third-order valence-corrected chi connectivity index (χ3v) is 3.76. The van der Waals surface area contributed by atoms with Crippen LogP contribution < -0.4 is 0 Å². The molecular weight excluding hydrogens is 272 g/mol. The Morgan fingerprint density at radius 1 is 0.909 bits per heavy atom. The lowest BCUT2D eigenvalue weighted by molar-refractivity contribution is 0.257. The fourth-order valence-electron chi connectivity index (χ4n) is 2.14. The van der Waals surface area contributed by atoms with Crippen molar-refractivity contribution in [2.45, 2.75) is 79.6 Å². The molecule has 22 heavy (non-hydrogen) atoms. The van der Waals surface area contributed by atoms with Crippen LogP contribution in [0.2, 0.25) is 0 Å². The van der Waals surface area contributed by atoms with Crippen LogP contribution >= 0.6 is 0 Å². The average Bonchev–Trinajstić information content (AvgIpc) is 2.39. The van der Waals surface area contributed by atoms with Crippen LogP contribution in [0, 0.1) is 11.8 Å². The average molecular weight is 313 g/mol. The van der Waals surface area contributed by atoms with Gasteiger partial charge in [-0.3, -0.25) is 0 Å². The minimum Gasteiger partial charge on any atom is -0.396 e. The molecule has 0 heterocycles. The van der Waals surface area contributed by atoms with Crippen LogP contribution in [0.1, 0.15) is 79.6 Å². The number of hydrogen-bond acceptors (Lipinski definition) is 2. The second-order valence-corrected chi connectivity index (χ2v) is 6.94. The molecule has 0 saturated heterocycles. The number of hydrogen-bond donors (Lipinski definition) is 2. The smallest absolute Gasteiger partial charge is 0.0433 e. The molecule has 2 N–H and O–H groups in total. The van der Waals surface area contributed by atoms with Crippen molar-refractivity contribution in [2.75, 3.05) is 13.2 Å². The quantitative estimate of drug-likeness (QED) is 0.494. The molecule has 0 spiro atoms. The van der Waals surface area contributed by atoms with Gasteiger partial charge in [0, 0.05) is 13.2 Å². The second kappa shape index (κ2) is 16.8. The zero-order valence-corrected chi connectivity index (χ0v) is 15.7. The van der Waals surface area contributed by atoms with Gasteiger partial charge in [0.2, 0.25) is 0 Å². The maximum atomic E-state index is 8.63. The Kier molecular flexibility index (Phi) is 18.0. The lowest BCUT2D eigenvalue weighted by Gasteiger charge is -2.08. The standard InChI is InChI=1S/2C10H20O/c2*1-9(2)5-4-6-10(3)7-8-11/h5,10-11H,4,6-8H2,1-3H3;10-11H,1,4-8H2,2-3H3/t10-;/m0./s1. The first-order valence-corrected chi connectivity index (χ1v) is 8.82. The van der Waals surface area contributed by atoms with Gasteiger partial charge < -0.3 is 10.2 Å². The van der Waals surface area contributed by atoms with E-state index in [1.165, 1.54) is 30.4 Å². The van der Waals surface area contributed by atoms with Crippen LogP contribution in [0.15, 0.2) is 23.8 Å². The van der Waals surface area contributed by atoms with Gasteiger partial charge in [0.15, 0.2) is 0 Å².